The highest BCUT2D eigenvalue weighted by Gasteiger charge is 2.02. The van der Waals surface area contributed by atoms with Gasteiger partial charge in [-0.3, -0.25) is 0 Å². The van der Waals surface area contributed by atoms with Gasteiger partial charge in [-0.25, -0.2) is 4.98 Å². The van der Waals surface area contributed by atoms with Gasteiger partial charge in [0.15, 0.2) is 0 Å². The minimum absolute atomic E-state index is 0.269. The van der Waals surface area contributed by atoms with E-state index < -0.39 is 0 Å². The van der Waals surface area contributed by atoms with Crippen LogP contribution >= 0.6 is 11.3 Å². The third-order valence-corrected chi connectivity index (χ3v) is 3.16. The Bertz CT molecular complexity index is 264. The summed E-state index contributed by atoms with van der Waals surface area (Å²) in [6, 6.07) is 0. The van der Waals surface area contributed by atoms with Gasteiger partial charge in [-0.15, -0.1) is 11.3 Å². The minimum atomic E-state index is -0.269. The molecule has 0 bridgehead atoms. The number of aliphatic hydroxyl groups is 1. The quantitative estimate of drug-likeness (QED) is 0.726. The van der Waals surface area contributed by atoms with E-state index in [2.05, 4.69) is 17.2 Å². The van der Waals surface area contributed by atoms with Crippen molar-refractivity contribution in [1.82, 2.24) is 10.3 Å². The van der Waals surface area contributed by atoms with Crippen molar-refractivity contribution in [3.05, 3.63) is 15.6 Å². The van der Waals surface area contributed by atoms with Crippen LogP contribution in [0.25, 0.3) is 0 Å². The first kappa shape index (κ1) is 11.6. The van der Waals surface area contributed by atoms with Gasteiger partial charge in [-0.05, 0) is 20.8 Å². The van der Waals surface area contributed by atoms with Crippen LogP contribution in [0, 0.1) is 13.8 Å². The fraction of sp³-hybridized carbons (Fsp3) is 0.700. The van der Waals surface area contributed by atoms with E-state index in [0.717, 1.165) is 18.7 Å². The highest BCUT2D eigenvalue weighted by Crippen LogP contribution is 2.16. The Morgan fingerprint density at radius 1 is 1.50 bits per heavy atom. The van der Waals surface area contributed by atoms with Gasteiger partial charge in [-0.2, -0.15) is 0 Å². The molecule has 4 heteroatoms. The van der Waals surface area contributed by atoms with Crippen molar-refractivity contribution in [3.8, 4) is 0 Å². The molecule has 0 aliphatic heterocycles. The van der Waals surface area contributed by atoms with Crippen molar-refractivity contribution in [1.29, 1.82) is 0 Å². The molecular formula is C10H18N2OS. The summed E-state index contributed by atoms with van der Waals surface area (Å²) in [5.41, 5.74) is 1.14. The lowest BCUT2D eigenvalue weighted by molar-refractivity contribution is 0.191. The molecule has 1 aromatic heterocycles. The van der Waals surface area contributed by atoms with Crippen molar-refractivity contribution >= 4 is 11.3 Å². The van der Waals surface area contributed by atoms with Crippen molar-refractivity contribution in [3.63, 3.8) is 0 Å². The molecule has 14 heavy (non-hydrogen) atoms. The molecule has 0 fully saturated rings. The van der Waals surface area contributed by atoms with E-state index in [1.807, 2.05) is 6.92 Å². The van der Waals surface area contributed by atoms with E-state index in [0.29, 0.717) is 6.54 Å². The van der Waals surface area contributed by atoms with Gasteiger partial charge in [0.05, 0.1) is 16.8 Å². The maximum atomic E-state index is 9.02. The number of nitrogens with one attached hydrogen (secondary N) is 1. The Labute approximate surface area is 89.2 Å². The molecule has 0 amide bonds. The van der Waals surface area contributed by atoms with E-state index >= 15 is 0 Å². The van der Waals surface area contributed by atoms with Crippen LogP contribution in [-0.2, 0) is 6.42 Å². The minimum Gasteiger partial charge on any atom is -0.392 e. The molecule has 0 radical (unpaired) electrons. The van der Waals surface area contributed by atoms with Crippen molar-refractivity contribution in [2.75, 3.05) is 13.1 Å². The van der Waals surface area contributed by atoms with Gasteiger partial charge in [0, 0.05) is 24.4 Å². The first-order valence-electron chi connectivity index (χ1n) is 4.91. The van der Waals surface area contributed by atoms with Crippen LogP contribution < -0.4 is 5.32 Å². The molecule has 0 aromatic carbocycles. The summed E-state index contributed by atoms with van der Waals surface area (Å²) in [5.74, 6) is 0. The van der Waals surface area contributed by atoms with Gasteiger partial charge >= 0.3 is 0 Å². The highest BCUT2D eigenvalue weighted by atomic mass is 32.1. The number of aromatic nitrogens is 1. The molecule has 0 saturated carbocycles. The zero-order valence-electron chi connectivity index (χ0n) is 9.00. The Balaban J connectivity index is 2.25. The van der Waals surface area contributed by atoms with Gasteiger partial charge in [0.1, 0.15) is 0 Å². The number of aliphatic hydroxyl groups excluding tert-OH is 1. The van der Waals surface area contributed by atoms with E-state index in [1.54, 1.807) is 18.3 Å². The Morgan fingerprint density at radius 2 is 2.21 bits per heavy atom. The lowest BCUT2D eigenvalue weighted by Crippen LogP contribution is -2.26. The predicted molar refractivity (Wildman–Crippen MR) is 59.8 cm³/mol. The van der Waals surface area contributed by atoms with E-state index in [4.69, 9.17) is 5.11 Å². The number of rotatable bonds is 5. The normalized spacial score (nSPS) is 13.1. The predicted octanol–water partition coefficient (Wildman–Crippen LogP) is 1.27. The molecule has 80 valence electrons. The molecule has 0 aliphatic carbocycles. The lowest BCUT2D eigenvalue weighted by atomic mass is 10.4. The summed E-state index contributed by atoms with van der Waals surface area (Å²) in [4.78, 5) is 5.74. The summed E-state index contributed by atoms with van der Waals surface area (Å²) in [5, 5.41) is 13.4. The van der Waals surface area contributed by atoms with Gasteiger partial charge in [0.25, 0.3) is 0 Å². The number of hydrogen-bond acceptors (Lipinski definition) is 4. The number of nitrogens with zero attached hydrogens (tertiary/aromatic N) is 1. The standard InChI is InChI=1S/C10H18N2OS/c1-7(13)6-11-5-4-10-12-8(2)9(3)14-10/h7,11,13H,4-6H2,1-3H3. The number of hydrogen-bond donors (Lipinski definition) is 2. The van der Waals surface area contributed by atoms with Crippen LogP contribution in [0.15, 0.2) is 0 Å². The molecular weight excluding hydrogens is 196 g/mol. The van der Waals surface area contributed by atoms with Crippen molar-refractivity contribution < 1.29 is 5.11 Å². The first-order chi connectivity index (χ1) is 6.59. The van der Waals surface area contributed by atoms with E-state index in [1.165, 1.54) is 9.88 Å². The molecule has 1 rings (SSSR count). The number of aryl methyl sites for hydroxylation is 2. The molecule has 1 atom stereocenters. The van der Waals surface area contributed by atoms with Gasteiger partial charge in [0.2, 0.25) is 0 Å². The van der Waals surface area contributed by atoms with Gasteiger partial charge < -0.3 is 10.4 Å². The van der Waals surface area contributed by atoms with Crippen LogP contribution in [0.5, 0.6) is 0 Å². The monoisotopic (exact) mass is 214 g/mol. The zero-order chi connectivity index (χ0) is 10.6. The van der Waals surface area contributed by atoms with E-state index in [-0.39, 0.29) is 6.10 Å². The summed E-state index contributed by atoms with van der Waals surface area (Å²) in [7, 11) is 0. The Morgan fingerprint density at radius 3 is 2.71 bits per heavy atom. The van der Waals surface area contributed by atoms with Crippen LogP contribution in [0.4, 0.5) is 0 Å². The molecule has 0 saturated heterocycles. The highest BCUT2D eigenvalue weighted by molar-refractivity contribution is 7.11. The summed E-state index contributed by atoms with van der Waals surface area (Å²) < 4.78 is 0. The number of thiazole rings is 1. The van der Waals surface area contributed by atoms with Crippen LogP contribution in [-0.4, -0.2) is 29.3 Å². The Hall–Kier alpha value is -0.450. The third-order valence-electron chi connectivity index (χ3n) is 2.03. The molecule has 1 heterocycles. The fourth-order valence-electron chi connectivity index (χ4n) is 1.15. The first-order valence-corrected chi connectivity index (χ1v) is 5.73. The average Bonchev–Trinajstić information content (AvgIpc) is 2.40. The largest absolute Gasteiger partial charge is 0.392 e. The lowest BCUT2D eigenvalue weighted by Gasteiger charge is -2.04. The van der Waals surface area contributed by atoms with Gasteiger partial charge in [-0.1, -0.05) is 0 Å². The molecule has 0 spiro atoms. The van der Waals surface area contributed by atoms with E-state index in [9.17, 15) is 0 Å². The zero-order valence-corrected chi connectivity index (χ0v) is 9.82. The van der Waals surface area contributed by atoms with Crippen molar-refractivity contribution in [2.24, 2.45) is 0 Å². The van der Waals surface area contributed by atoms with Crippen LogP contribution in [0.3, 0.4) is 0 Å². The van der Waals surface area contributed by atoms with Crippen LogP contribution in [0.2, 0.25) is 0 Å². The SMILES string of the molecule is Cc1nc(CCNCC(C)O)sc1C. The molecule has 1 aromatic rings. The smallest absolute Gasteiger partial charge is 0.0943 e. The summed E-state index contributed by atoms with van der Waals surface area (Å²) in [6.07, 6.45) is 0.682. The second-order valence-corrected chi connectivity index (χ2v) is 4.84. The second-order valence-electron chi connectivity index (χ2n) is 3.55. The van der Waals surface area contributed by atoms with Crippen molar-refractivity contribution in [2.45, 2.75) is 33.3 Å². The maximum absolute atomic E-state index is 9.02. The third kappa shape index (κ3) is 3.74. The molecule has 0 aliphatic rings. The molecule has 3 nitrogen and oxygen atoms in total. The Kier molecular flexibility index (Phi) is 4.51. The summed E-state index contributed by atoms with van der Waals surface area (Å²) in [6.45, 7) is 7.46. The summed E-state index contributed by atoms with van der Waals surface area (Å²) >= 11 is 1.76. The fourth-order valence-corrected chi connectivity index (χ4v) is 2.09. The topological polar surface area (TPSA) is 45.2 Å². The van der Waals surface area contributed by atoms with Crippen LogP contribution in [0.1, 0.15) is 22.5 Å². The second kappa shape index (κ2) is 5.44. The average molecular weight is 214 g/mol. The maximum Gasteiger partial charge on any atom is 0.0943 e. The molecule has 2 N–H and O–H groups in total. The molecule has 1 unspecified atom stereocenters.